The van der Waals surface area contributed by atoms with Crippen LogP contribution in [0.3, 0.4) is 0 Å². The molecule has 0 N–H and O–H groups in total. The van der Waals surface area contributed by atoms with Gasteiger partial charge in [0.2, 0.25) is 0 Å². The molecule has 0 aliphatic carbocycles. The summed E-state index contributed by atoms with van der Waals surface area (Å²) in [6, 6.07) is 13.3. The Morgan fingerprint density at radius 2 is 1.62 bits per heavy atom. The third-order valence-corrected chi connectivity index (χ3v) is 5.33. The lowest BCUT2D eigenvalue weighted by Crippen LogP contribution is -2.50. The first kappa shape index (κ1) is 16.7. The second kappa shape index (κ2) is 6.84. The van der Waals surface area contributed by atoms with Gasteiger partial charge in [0.15, 0.2) is 0 Å². The van der Waals surface area contributed by atoms with Crippen LogP contribution in [0.1, 0.15) is 20.8 Å². The van der Waals surface area contributed by atoms with Gasteiger partial charge in [-0.05, 0) is 35.8 Å². The molecule has 1 aliphatic heterocycles. The molecule has 1 fully saturated rings. The summed E-state index contributed by atoms with van der Waals surface area (Å²) >= 11 is 1.31. The highest BCUT2D eigenvalue weighted by Gasteiger charge is 2.27. The molecule has 2 heterocycles. The van der Waals surface area contributed by atoms with E-state index in [9.17, 15) is 14.0 Å². The topological polar surface area (TPSA) is 53.5 Å². The van der Waals surface area contributed by atoms with E-state index in [2.05, 4.69) is 4.37 Å². The molecule has 7 heteroatoms. The Labute approximate surface area is 153 Å². The van der Waals surface area contributed by atoms with E-state index < -0.39 is 5.82 Å². The molecule has 5 nitrogen and oxygen atoms in total. The Hall–Kier alpha value is -2.80. The van der Waals surface area contributed by atoms with Crippen molar-refractivity contribution in [2.45, 2.75) is 0 Å². The number of rotatable bonds is 2. The number of fused-ring (bicyclic) bond motifs is 1. The molecule has 1 aromatic heterocycles. The zero-order chi connectivity index (χ0) is 18.1. The van der Waals surface area contributed by atoms with E-state index in [1.807, 2.05) is 24.3 Å². The van der Waals surface area contributed by atoms with Crippen LogP contribution >= 0.6 is 11.5 Å². The molecule has 0 spiro atoms. The van der Waals surface area contributed by atoms with E-state index in [-0.39, 0.29) is 11.8 Å². The van der Waals surface area contributed by atoms with Crippen molar-refractivity contribution in [1.29, 1.82) is 0 Å². The number of nitrogens with zero attached hydrogens (tertiary/aromatic N) is 3. The molecule has 2 aromatic carbocycles. The first-order chi connectivity index (χ1) is 12.6. The van der Waals surface area contributed by atoms with Gasteiger partial charge in [-0.3, -0.25) is 9.59 Å². The van der Waals surface area contributed by atoms with Crippen LogP contribution in [0.25, 0.3) is 10.1 Å². The van der Waals surface area contributed by atoms with E-state index in [0.717, 1.165) is 10.1 Å². The van der Waals surface area contributed by atoms with Gasteiger partial charge in [0.25, 0.3) is 11.8 Å². The summed E-state index contributed by atoms with van der Waals surface area (Å²) < 4.78 is 18.6. The van der Waals surface area contributed by atoms with Crippen molar-refractivity contribution in [2.75, 3.05) is 26.2 Å². The average molecular weight is 369 g/mol. The van der Waals surface area contributed by atoms with Crippen LogP contribution in [-0.2, 0) is 0 Å². The van der Waals surface area contributed by atoms with Crippen LogP contribution in [0.4, 0.5) is 4.39 Å². The van der Waals surface area contributed by atoms with Crippen molar-refractivity contribution < 1.29 is 14.0 Å². The Kier molecular flexibility index (Phi) is 4.38. The van der Waals surface area contributed by atoms with E-state index in [1.165, 1.54) is 29.7 Å². The molecule has 0 atom stereocenters. The Morgan fingerprint density at radius 3 is 2.35 bits per heavy atom. The van der Waals surface area contributed by atoms with Crippen molar-refractivity contribution in [2.24, 2.45) is 0 Å². The molecule has 3 aromatic rings. The summed E-state index contributed by atoms with van der Waals surface area (Å²) in [5, 5.41) is 0.862. The van der Waals surface area contributed by atoms with Gasteiger partial charge in [0.05, 0.1) is 4.70 Å². The van der Waals surface area contributed by atoms with Crippen molar-refractivity contribution in [1.82, 2.24) is 14.2 Å². The van der Waals surface area contributed by atoms with Crippen molar-refractivity contribution in [3.05, 3.63) is 65.6 Å². The highest BCUT2D eigenvalue weighted by Crippen LogP contribution is 2.24. The maximum Gasteiger partial charge on any atom is 0.274 e. The largest absolute Gasteiger partial charge is 0.335 e. The fourth-order valence-corrected chi connectivity index (χ4v) is 3.88. The van der Waals surface area contributed by atoms with Gasteiger partial charge in [-0.25, -0.2) is 4.39 Å². The van der Waals surface area contributed by atoms with Crippen molar-refractivity contribution in [3.8, 4) is 0 Å². The van der Waals surface area contributed by atoms with E-state index in [1.54, 1.807) is 15.9 Å². The smallest absolute Gasteiger partial charge is 0.274 e. The summed E-state index contributed by atoms with van der Waals surface area (Å²) in [5.41, 5.74) is 0.797. The number of amides is 2. The fourth-order valence-electron chi connectivity index (χ4n) is 3.11. The SMILES string of the molecule is O=C(c1cccc(F)c1)N1CCN(C(=O)c2nsc3ccccc23)CC1. The number of aromatic nitrogens is 1. The molecule has 1 aliphatic rings. The number of carbonyl (C=O) groups excluding carboxylic acids is 2. The Morgan fingerprint density at radius 1 is 0.923 bits per heavy atom. The second-order valence-corrected chi connectivity index (χ2v) is 6.93. The maximum absolute atomic E-state index is 13.3. The predicted molar refractivity (Wildman–Crippen MR) is 97.8 cm³/mol. The quantitative estimate of drug-likeness (QED) is 0.698. The number of benzene rings is 2. The summed E-state index contributed by atoms with van der Waals surface area (Å²) in [6.07, 6.45) is 0. The predicted octanol–water partition coefficient (Wildman–Crippen LogP) is 3.03. The third kappa shape index (κ3) is 3.06. The van der Waals surface area contributed by atoms with Crippen LogP contribution in [-0.4, -0.2) is 52.2 Å². The number of halogens is 1. The van der Waals surface area contributed by atoms with Crippen LogP contribution < -0.4 is 0 Å². The van der Waals surface area contributed by atoms with Gasteiger partial charge in [-0.2, -0.15) is 4.37 Å². The lowest BCUT2D eigenvalue weighted by Gasteiger charge is -2.34. The second-order valence-electron chi connectivity index (χ2n) is 6.12. The Balaban J connectivity index is 1.45. The fraction of sp³-hybridized carbons (Fsp3) is 0.211. The van der Waals surface area contributed by atoms with Gasteiger partial charge in [0.1, 0.15) is 11.5 Å². The van der Waals surface area contributed by atoms with Crippen LogP contribution in [0.2, 0.25) is 0 Å². The van der Waals surface area contributed by atoms with Crippen molar-refractivity contribution in [3.63, 3.8) is 0 Å². The monoisotopic (exact) mass is 369 g/mol. The van der Waals surface area contributed by atoms with Gasteiger partial charge >= 0.3 is 0 Å². The summed E-state index contributed by atoms with van der Waals surface area (Å²) in [6.45, 7) is 1.71. The molecule has 26 heavy (non-hydrogen) atoms. The molecular formula is C19H16FN3O2S. The minimum absolute atomic E-state index is 0.111. The highest BCUT2D eigenvalue weighted by molar-refractivity contribution is 7.13. The molecule has 4 rings (SSSR count). The number of hydrogen-bond acceptors (Lipinski definition) is 4. The number of piperazine rings is 1. The summed E-state index contributed by atoms with van der Waals surface area (Å²) in [7, 11) is 0. The van der Waals surface area contributed by atoms with Crippen LogP contribution in [0.15, 0.2) is 48.5 Å². The maximum atomic E-state index is 13.3. The molecule has 2 amide bonds. The van der Waals surface area contributed by atoms with Crippen LogP contribution in [0.5, 0.6) is 0 Å². The van der Waals surface area contributed by atoms with E-state index in [4.69, 9.17) is 0 Å². The molecule has 0 saturated carbocycles. The van der Waals surface area contributed by atoms with Gasteiger partial charge in [0, 0.05) is 37.1 Å². The molecule has 0 radical (unpaired) electrons. The lowest BCUT2D eigenvalue weighted by atomic mass is 10.1. The molecular weight excluding hydrogens is 353 g/mol. The molecule has 0 unspecified atom stereocenters. The van der Waals surface area contributed by atoms with E-state index >= 15 is 0 Å². The normalized spacial score (nSPS) is 14.7. The summed E-state index contributed by atoms with van der Waals surface area (Å²) in [4.78, 5) is 28.6. The molecule has 0 bridgehead atoms. The highest BCUT2D eigenvalue weighted by atomic mass is 32.1. The van der Waals surface area contributed by atoms with Crippen molar-refractivity contribution >= 4 is 33.4 Å². The van der Waals surface area contributed by atoms with E-state index in [0.29, 0.717) is 37.4 Å². The first-order valence-electron chi connectivity index (χ1n) is 8.32. The number of carbonyl (C=O) groups is 2. The van der Waals surface area contributed by atoms with Gasteiger partial charge in [-0.15, -0.1) is 0 Å². The minimum Gasteiger partial charge on any atom is -0.335 e. The van der Waals surface area contributed by atoms with Gasteiger partial charge in [-0.1, -0.05) is 24.3 Å². The minimum atomic E-state index is -0.430. The average Bonchev–Trinajstić information content (AvgIpc) is 3.11. The summed E-state index contributed by atoms with van der Waals surface area (Å²) in [5.74, 6) is -0.754. The first-order valence-corrected chi connectivity index (χ1v) is 9.09. The zero-order valence-electron chi connectivity index (χ0n) is 13.9. The van der Waals surface area contributed by atoms with Gasteiger partial charge < -0.3 is 9.80 Å². The zero-order valence-corrected chi connectivity index (χ0v) is 14.7. The molecule has 1 saturated heterocycles. The Bertz CT molecular complexity index is 980. The lowest BCUT2D eigenvalue weighted by molar-refractivity contribution is 0.0534. The number of hydrogen-bond donors (Lipinski definition) is 0. The van der Waals surface area contributed by atoms with Crippen LogP contribution in [0, 0.1) is 5.82 Å². The molecule has 132 valence electrons. The standard InChI is InChI=1S/C19H16FN3O2S/c20-14-5-3-4-13(12-14)18(24)22-8-10-23(11-9-22)19(25)17-15-6-1-2-7-16(15)26-21-17/h1-7,12H,8-11H2. The third-order valence-electron chi connectivity index (χ3n) is 4.51.